The van der Waals surface area contributed by atoms with Crippen LogP contribution in [0.2, 0.25) is 0 Å². The molecular weight excluding hydrogens is 481 g/mol. The van der Waals surface area contributed by atoms with Gasteiger partial charge in [-0.25, -0.2) is 22.0 Å². The summed E-state index contributed by atoms with van der Waals surface area (Å²) in [6.07, 6.45) is -28.6. The molecule has 0 saturated heterocycles. The van der Waals surface area contributed by atoms with E-state index in [0.29, 0.717) is 0 Å². The molecule has 0 aromatic carbocycles. The van der Waals surface area contributed by atoms with Crippen molar-refractivity contribution in [2.75, 3.05) is 0 Å². The molecule has 0 spiro atoms. The molecule has 0 radical (unpaired) electrons. The van der Waals surface area contributed by atoms with Crippen LogP contribution < -0.4 is 0 Å². The number of rotatable bonds is 5. The van der Waals surface area contributed by atoms with E-state index in [1.807, 2.05) is 0 Å². The van der Waals surface area contributed by atoms with Gasteiger partial charge in [0.05, 0.1) is 0 Å². The summed E-state index contributed by atoms with van der Waals surface area (Å²) in [5, 5.41) is 0. The number of alkyl halides is 16. The van der Waals surface area contributed by atoms with Crippen LogP contribution in [0.4, 0.5) is 83.4 Å². The molecule has 0 aliphatic heterocycles. The van der Waals surface area contributed by atoms with Crippen molar-refractivity contribution in [2.24, 2.45) is 0 Å². The zero-order valence-electron chi connectivity index (χ0n) is 12.4. The van der Waals surface area contributed by atoms with E-state index >= 15 is 0 Å². The Kier molecular flexibility index (Phi) is 9.24. The fraction of sp³-hybridized carbons (Fsp3) is 0.800. The summed E-state index contributed by atoms with van der Waals surface area (Å²) in [7, 11) is 0. The van der Waals surface area contributed by atoms with Gasteiger partial charge in [-0.15, -0.1) is 0 Å². The molecule has 0 heterocycles. The van der Waals surface area contributed by atoms with E-state index in [-0.39, 0.29) is 0 Å². The van der Waals surface area contributed by atoms with Crippen LogP contribution in [0.3, 0.4) is 0 Å². The quantitative estimate of drug-likeness (QED) is 0.368. The van der Waals surface area contributed by atoms with Gasteiger partial charge in [-0.05, 0) is 0 Å². The number of halogens is 19. The number of hydrogen-bond donors (Lipinski definition) is 0. The highest BCUT2D eigenvalue weighted by atomic mass is 19.4. The highest BCUT2D eigenvalue weighted by Gasteiger charge is 2.88. The Hall–Kier alpha value is -1.59. The van der Waals surface area contributed by atoms with E-state index in [0.717, 1.165) is 0 Å². The van der Waals surface area contributed by atoms with Crippen molar-refractivity contribution < 1.29 is 83.4 Å². The van der Waals surface area contributed by atoms with Gasteiger partial charge in [0.15, 0.2) is 12.3 Å². The SMILES string of the molecule is FC(F)(F)C(F)(F)C(F)(F)C(F)(F)C(F)(F)F.FC(F)=C(F)C(F)C(F)C(F)F. The average molecular weight is 484 g/mol. The molecule has 0 aromatic rings. The third-order valence-corrected chi connectivity index (χ3v) is 2.44. The predicted octanol–water partition coefficient (Wildman–Crippen LogP) is 7.02. The Morgan fingerprint density at radius 2 is 0.759 bits per heavy atom. The van der Waals surface area contributed by atoms with Crippen molar-refractivity contribution in [3.05, 3.63) is 11.9 Å². The smallest absolute Gasteiger partial charge is 0.237 e. The monoisotopic (exact) mass is 484 g/mol. The standard InChI is InChI=1S/C5F12.C5H3F7/c6-1(7,2(8,9)4(12,13)14)3(10,11)5(15,16)17;6-1(2(7)4(9)10)3(8)5(11)12/h;1-2,4H. The molecule has 0 N–H and O–H groups in total. The molecule has 0 aliphatic rings. The van der Waals surface area contributed by atoms with Gasteiger partial charge in [-0.3, -0.25) is 0 Å². The summed E-state index contributed by atoms with van der Waals surface area (Å²) in [6, 6.07) is 0. The Bertz CT molecular complexity index is 518. The minimum absolute atomic E-state index is 2.79. The molecule has 0 saturated carbocycles. The summed E-state index contributed by atoms with van der Waals surface area (Å²) >= 11 is 0. The van der Waals surface area contributed by atoms with Gasteiger partial charge in [0, 0.05) is 0 Å². The van der Waals surface area contributed by atoms with E-state index in [9.17, 15) is 83.4 Å². The first-order chi connectivity index (χ1) is 12.4. The lowest BCUT2D eigenvalue weighted by Gasteiger charge is -2.34. The van der Waals surface area contributed by atoms with E-state index < -0.39 is 60.8 Å². The lowest BCUT2D eigenvalue weighted by Crippen LogP contribution is -2.65. The Morgan fingerprint density at radius 1 is 0.483 bits per heavy atom. The van der Waals surface area contributed by atoms with E-state index in [4.69, 9.17) is 0 Å². The summed E-state index contributed by atoms with van der Waals surface area (Å²) in [5.41, 5.74) is 0. The van der Waals surface area contributed by atoms with Crippen molar-refractivity contribution in [3.63, 3.8) is 0 Å². The molecule has 29 heavy (non-hydrogen) atoms. The second-order valence-corrected chi connectivity index (χ2v) is 4.51. The van der Waals surface area contributed by atoms with Crippen LogP contribution >= 0.6 is 0 Å². The number of allylic oxidation sites excluding steroid dienone is 1. The van der Waals surface area contributed by atoms with E-state index in [1.165, 1.54) is 0 Å². The Balaban J connectivity index is 0. The second-order valence-electron chi connectivity index (χ2n) is 4.51. The highest BCUT2D eigenvalue weighted by Crippen LogP contribution is 2.57. The van der Waals surface area contributed by atoms with Crippen molar-refractivity contribution in [2.45, 2.75) is 48.9 Å². The third-order valence-electron chi connectivity index (χ3n) is 2.44. The molecule has 0 aliphatic carbocycles. The van der Waals surface area contributed by atoms with Crippen LogP contribution in [-0.4, -0.2) is 48.9 Å². The highest BCUT2D eigenvalue weighted by molar-refractivity contribution is 5.03. The van der Waals surface area contributed by atoms with Crippen LogP contribution in [0, 0.1) is 0 Å². The molecule has 2 atom stereocenters. The average Bonchev–Trinajstić information content (AvgIpc) is 2.50. The molecule has 0 aromatic heterocycles. The van der Waals surface area contributed by atoms with Crippen LogP contribution in [0.5, 0.6) is 0 Å². The van der Waals surface area contributed by atoms with E-state index in [1.54, 1.807) is 0 Å². The van der Waals surface area contributed by atoms with Crippen molar-refractivity contribution in [1.29, 1.82) is 0 Å². The molecule has 0 amide bonds. The van der Waals surface area contributed by atoms with Gasteiger partial charge in [0.25, 0.3) is 6.43 Å². The molecule has 0 fully saturated rings. The lowest BCUT2D eigenvalue weighted by atomic mass is 10.0. The fourth-order valence-corrected chi connectivity index (χ4v) is 0.925. The second kappa shape index (κ2) is 9.05. The summed E-state index contributed by atoms with van der Waals surface area (Å²) in [5.74, 6) is -25.5. The Morgan fingerprint density at radius 3 is 0.931 bits per heavy atom. The Labute approximate surface area is 145 Å². The first-order valence-electron chi connectivity index (χ1n) is 5.91. The normalized spacial score (nSPS) is 16.1. The fourth-order valence-electron chi connectivity index (χ4n) is 0.925. The molecule has 0 nitrogen and oxygen atoms in total. The molecule has 0 bridgehead atoms. The summed E-state index contributed by atoms with van der Waals surface area (Å²) in [6.45, 7) is 0. The maximum Gasteiger partial charge on any atom is 0.460 e. The third kappa shape index (κ3) is 6.19. The van der Waals surface area contributed by atoms with E-state index in [2.05, 4.69) is 0 Å². The first-order valence-corrected chi connectivity index (χ1v) is 5.91. The summed E-state index contributed by atoms with van der Waals surface area (Å²) in [4.78, 5) is 0. The minimum atomic E-state index is -7.66. The predicted molar refractivity (Wildman–Crippen MR) is 53.1 cm³/mol. The van der Waals surface area contributed by atoms with Crippen molar-refractivity contribution in [3.8, 4) is 0 Å². The topological polar surface area (TPSA) is 0 Å². The van der Waals surface area contributed by atoms with Crippen LogP contribution in [-0.2, 0) is 0 Å². The maximum atomic E-state index is 12.0. The zero-order valence-corrected chi connectivity index (χ0v) is 12.4. The van der Waals surface area contributed by atoms with Gasteiger partial charge < -0.3 is 0 Å². The van der Waals surface area contributed by atoms with Crippen LogP contribution in [0.15, 0.2) is 11.9 Å². The van der Waals surface area contributed by atoms with Gasteiger partial charge in [0.1, 0.15) is 0 Å². The molecular formula is C10H3F19. The van der Waals surface area contributed by atoms with Gasteiger partial charge in [-0.1, -0.05) is 0 Å². The zero-order chi connectivity index (χ0) is 24.4. The van der Waals surface area contributed by atoms with Crippen LogP contribution in [0.1, 0.15) is 0 Å². The first kappa shape index (κ1) is 29.6. The number of hydrogen-bond acceptors (Lipinski definition) is 0. The molecule has 176 valence electrons. The molecule has 0 rings (SSSR count). The molecule has 19 heteroatoms. The summed E-state index contributed by atoms with van der Waals surface area (Å²) < 4.78 is 220. The lowest BCUT2D eigenvalue weighted by molar-refractivity contribution is -0.438. The molecule has 2 unspecified atom stereocenters. The van der Waals surface area contributed by atoms with Gasteiger partial charge in [0.2, 0.25) is 5.83 Å². The van der Waals surface area contributed by atoms with Crippen molar-refractivity contribution >= 4 is 0 Å². The van der Waals surface area contributed by atoms with Gasteiger partial charge >= 0.3 is 36.2 Å². The van der Waals surface area contributed by atoms with Crippen LogP contribution in [0.25, 0.3) is 0 Å². The minimum Gasteiger partial charge on any atom is -0.237 e. The maximum absolute atomic E-state index is 12.0. The largest absolute Gasteiger partial charge is 0.460 e. The van der Waals surface area contributed by atoms with Gasteiger partial charge in [-0.2, -0.15) is 61.5 Å². The van der Waals surface area contributed by atoms with Crippen molar-refractivity contribution in [1.82, 2.24) is 0 Å².